The van der Waals surface area contributed by atoms with E-state index in [1.54, 1.807) is 0 Å². The molecule has 2 aromatic carbocycles. The molecule has 0 heterocycles. The molecule has 104 valence electrons. The highest BCUT2D eigenvalue weighted by Gasteiger charge is 2.35. The van der Waals surface area contributed by atoms with E-state index >= 15 is 0 Å². The minimum Gasteiger partial charge on any atom is -0.489 e. The molecule has 1 fully saturated rings. The Balaban J connectivity index is 1.71. The average molecular weight is 267 g/mol. The molecule has 0 radical (unpaired) electrons. The summed E-state index contributed by atoms with van der Waals surface area (Å²) in [6.07, 6.45) is 3.43. The molecule has 0 unspecified atom stereocenters. The molecule has 0 amide bonds. The second-order valence-corrected chi connectivity index (χ2v) is 5.76. The molecule has 0 atom stereocenters. The van der Waals surface area contributed by atoms with Crippen molar-refractivity contribution < 1.29 is 4.74 Å². The van der Waals surface area contributed by atoms with Crippen LogP contribution in [0.25, 0.3) is 0 Å². The number of hydrogen-bond donors (Lipinski definition) is 1. The molecular weight excluding hydrogens is 246 g/mol. The molecule has 0 aromatic heterocycles. The number of hydrogen-bond acceptors (Lipinski definition) is 2. The van der Waals surface area contributed by atoms with E-state index in [0.29, 0.717) is 6.61 Å². The van der Waals surface area contributed by atoms with Crippen LogP contribution in [0.3, 0.4) is 0 Å². The van der Waals surface area contributed by atoms with Gasteiger partial charge in [-0.25, -0.2) is 0 Å². The zero-order valence-electron chi connectivity index (χ0n) is 11.9. The molecule has 0 saturated heterocycles. The molecule has 2 nitrogen and oxygen atoms in total. The average Bonchev–Trinajstić information content (AvgIpc) is 2.44. The van der Waals surface area contributed by atoms with E-state index in [-0.39, 0.29) is 5.54 Å². The van der Waals surface area contributed by atoms with Crippen molar-refractivity contribution >= 4 is 0 Å². The van der Waals surface area contributed by atoms with Crippen LogP contribution in [0.15, 0.2) is 48.5 Å². The quantitative estimate of drug-likeness (QED) is 0.911. The molecule has 1 aliphatic rings. The third-order valence-electron chi connectivity index (χ3n) is 4.23. The van der Waals surface area contributed by atoms with Gasteiger partial charge >= 0.3 is 0 Å². The predicted octanol–water partition coefficient (Wildman–Crippen LogP) is 3.91. The summed E-state index contributed by atoms with van der Waals surface area (Å²) in [5.41, 5.74) is 10.00. The van der Waals surface area contributed by atoms with Crippen molar-refractivity contribution in [3.8, 4) is 5.75 Å². The minimum atomic E-state index is -0.0952. The monoisotopic (exact) mass is 267 g/mol. The lowest BCUT2D eigenvalue weighted by Gasteiger charge is -2.39. The maximum atomic E-state index is 6.40. The molecule has 0 spiro atoms. The van der Waals surface area contributed by atoms with Crippen molar-refractivity contribution in [2.24, 2.45) is 5.73 Å². The van der Waals surface area contributed by atoms with E-state index in [9.17, 15) is 0 Å². The highest BCUT2D eigenvalue weighted by molar-refractivity contribution is 5.40. The number of ether oxygens (including phenoxy) is 1. The van der Waals surface area contributed by atoms with Crippen molar-refractivity contribution in [3.63, 3.8) is 0 Å². The van der Waals surface area contributed by atoms with E-state index in [1.807, 2.05) is 24.3 Å². The second-order valence-electron chi connectivity index (χ2n) is 5.76. The van der Waals surface area contributed by atoms with Crippen LogP contribution in [0.2, 0.25) is 0 Å². The molecule has 2 N–H and O–H groups in total. The SMILES string of the molecule is Cc1cc(OCc2ccccc2)ccc1C1(N)CCC1. The summed E-state index contributed by atoms with van der Waals surface area (Å²) in [5.74, 6) is 0.915. The van der Waals surface area contributed by atoms with Crippen LogP contribution < -0.4 is 10.5 Å². The van der Waals surface area contributed by atoms with Gasteiger partial charge in [0.05, 0.1) is 0 Å². The Bertz CT molecular complexity index is 588. The first-order valence-corrected chi connectivity index (χ1v) is 7.24. The van der Waals surface area contributed by atoms with Gasteiger partial charge in [-0.1, -0.05) is 36.4 Å². The first kappa shape index (κ1) is 13.2. The lowest BCUT2D eigenvalue weighted by atomic mass is 9.71. The van der Waals surface area contributed by atoms with E-state index in [0.717, 1.165) is 18.6 Å². The Kier molecular flexibility index (Phi) is 3.49. The smallest absolute Gasteiger partial charge is 0.120 e. The number of benzene rings is 2. The largest absolute Gasteiger partial charge is 0.489 e. The standard InChI is InChI=1S/C18H21NO/c1-14-12-16(20-13-15-6-3-2-4-7-15)8-9-17(14)18(19)10-5-11-18/h2-4,6-9,12H,5,10-11,13,19H2,1H3. The van der Waals surface area contributed by atoms with Gasteiger partial charge in [0, 0.05) is 5.54 Å². The van der Waals surface area contributed by atoms with Gasteiger partial charge in [-0.3, -0.25) is 0 Å². The Hall–Kier alpha value is -1.80. The van der Waals surface area contributed by atoms with Gasteiger partial charge in [0.1, 0.15) is 12.4 Å². The van der Waals surface area contributed by atoms with Crippen molar-refractivity contribution in [2.75, 3.05) is 0 Å². The lowest BCUT2D eigenvalue weighted by Crippen LogP contribution is -2.43. The van der Waals surface area contributed by atoms with Crippen molar-refractivity contribution in [1.29, 1.82) is 0 Å². The summed E-state index contributed by atoms with van der Waals surface area (Å²) in [6, 6.07) is 16.5. The molecule has 0 aliphatic heterocycles. The van der Waals surface area contributed by atoms with Crippen LogP contribution in [-0.4, -0.2) is 0 Å². The van der Waals surface area contributed by atoms with Gasteiger partial charge in [0.2, 0.25) is 0 Å². The van der Waals surface area contributed by atoms with Crippen LogP contribution in [0.5, 0.6) is 5.75 Å². The zero-order chi connectivity index (χ0) is 14.0. The topological polar surface area (TPSA) is 35.2 Å². The fourth-order valence-electron chi connectivity index (χ4n) is 2.85. The second kappa shape index (κ2) is 5.29. The number of rotatable bonds is 4. The van der Waals surface area contributed by atoms with Crippen molar-refractivity contribution in [1.82, 2.24) is 0 Å². The highest BCUT2D eigenvalue weighted by atomic mass is 16.5. The molecule has 1 saturated carbocycles. The van der Waals surface area contributed by atoms with E-state index in [4.69, 9.17) is 10.5 Å². The Morgan fingerprint density at radius 3 is 2.45 bits per heavy atom. The van der Waals surface area contributed by atoms with E-state index in [1.165, 1.54) is 23.1 Å². The predicted molar refractivity (Wildman–Crippen MR) is 81.7 cm³/mol. The van der Waals surface area contributed by atoms with Gasteiger partial charge in [-0.2, -0.15) is 0 Å². The van der Waals surface area contributed by atoms with Crippen LogP contribution in [0.4, 0.5) is 0 Å². The highest BCUT2D eigenvalue weighted by Crippen LogP contribution is 2.40. The van der Waals surface area contributed by atoms with Crippen molar-refractivity contribution in [3.05, 3.63) is 65.2 Å². The summed E-state index contributed by atoms with van der Waals surface area (Å²) in [4.78, 5) is 0. The Morgan fingerprint density at radius 1 is 1.10 bits per heavy atom. The first-order valence-electron chi connectivity index (χ1n) is 7.24. The molecule has 3 rings (SSSR count). The van der Waals surface area contributed by atoms with Crippen LogP contribution >= 0.6 is 0 Å². The maximum Gasteiger partial charge on any atom is 0.120 e. The van der Waals surface area contributed by atoms with Crippen molar-refractivity contribution in [2.45, 2.75) is 38.3 Å². The molecule has 0 bridgehead atoms. The summed E-state index contributed by atoms with van der Waals surface area (Å²) in [5, 5.41) is 0. The molecule has 1 aliphatic carbocycles. The van der Waals surface area contributed by atoms with Crippen LogP contribution in [-0.2, 0) is 12.1 Å². The van der Waals surface area contributed by atoms with Crippen LogP contribution in [0.1, 0.15) is 36.0 Å². The summed E-state index contributed by atoms with van der Waals surface area (Å²) in [6.45, 7) is 2.73. The Labute approximate surface area is 120 Å². The molecule has 2 heteroatoms. The number of nitrogens with two attached hydrogens (primary N) is 1. The molecule has 20 heavy (non-hydrogen) atoms. The summed E-state index contributed by atoms with van der Waals surface area (Å²) >= 11 is 0. The van der Waals surface area contributed by atoms with Gasteiger partial charge in [0.15, 0.2) is 0 Å². The van der Waals surface area contributed by atoms with Gasteiger partial charge in [0.25, 0.3) is 0 Å². The molecule has 2 aromatic rings. The van der Waals surface area contributed by atoms with Gasteiger partial charge in [-0.05, 0) is 55.0 Å². The first-order chi connectivity index (χ1) is 9.67. The van der Waals surface area contributed by atoms with E-state index in [2.05, 4.69) is 31.2 Å². The third kappa shape index (κ3) is 2.56. The fraction of sp³-hybridized carbons (Fsp3) is 0.333. The maximum absolute atomic E-state index is 6.40. The fourth-order valence-corrected chi connectivity index (χ4v) is 2.85. The normalized spacial score (nSPS) is 16.5. The summed E-state index contributed by atoms with van der Waals surface area (Å²) in [7, 11) is 0. The molecular formula is C18H21NO. The summed E-state index contributed by atoms with van der Waals surface area (Å²) < 4.78 is 5.85. The van der Waals surface area contributed by atoms with Gasteiger partial charge in [-0.15, -0.1) is 0 Å². The number of aryl methyl sites for hydroxylation is 1. The Morgan fingerprint density at radius 2 is 1.85 bits per heavy atom. The minimum absolute atomic E-state index is 0.0952. The van der Waals surface area contributed by atoms with Gasteiger partial charge < -0.3 is 10.5 Å². The lowest BCUT2D eigenvalue weighted by molar-refractivity contribution is 0.251. The zero-order valence-corrected chi connectivity index (χ0v) is 11.9. The third-order valence-corrected chi connectivity index (χ3v) is 4.23. The van der Waals surface area contributed by atoms with Crippen LogP contribution in [0, 0.1) is 6.92 Å². The van der Waals surface area contributed by atoms with E-state index < -0.39 is 0 Å².